The van der Waals surface area contributed by atoms with Crippen LogP contribution in [-0.4, -0.2) is 34.2 Å². The molecule has 3 N–H and O–H groups in total. The molecule has 0 aromatic carbocycles. The fourth-order valence-electron chi connectivity index (χ4n) is 3.41. The molecule has 0 radical (unpaired) electrons. The number of hydrogen-bond acceptors (Lipinski definition) is 3. The van der Waals surface area contributed by atoms with Crippen LogP contribution in [0.5, 0.6) is 0 Å². The maximum absolute atomic E-state index is 5.89. The first-order valence-corrected chi connectivity index (χ1v) is 7.37. The van der Waals surface area contributed by atoms with Crippen LogP contribution in [0.4, 0.5) is 0 Å². The number of nitrogens with one attached hydrogen (secondary N) is 1. The molecule has 1 aromatic rings. The van der Waals surface area contributed by atoms with Gasteiger partial charge in [-0.25, -0.2) is 0 Å². The minimum Gasteiger partial charge on any atom is -0.329 e. The van der Waals surface area contributed by atoms with Crippen molar-refractivity contribution in [1.29, 1.82) is 0 Å². The van der Waals surface area contributed by atoms with Crippen molar-refractivity contribution in [2.45, 2.75) is 57.5 Å². The molecule has 0 saturated carbocycles. The second-order valence-electron chi connectivity index (χ2n) is 5.69. The van der Waals surface area contributed by atoms with E-state index in [9.17, 15) is 0 Å². The van der Waals surface area contributed by atoms with Gasteiger partial charge in [-0.05, 0) is 50.6 Å². The molecule has 0 amide bonds. The molecule has 100 valence electrons. The molecule has 0 bridgehead atoms. The Bertz CT molecular complexity index is 398. The summed E-state index contributed by atoms with van der Waals surface area (Å²) in [6.07, 6.45) is 8.91. The Hall–Kier alpha value is -0.870. The average molecular weight is 248 g/mol. The molecule has 1 atom stereocenters. The number of aromatic nitrogens is 2. The van der Waals surface area contributed by atoms with E-state index in [0.29, 0.717) is 6.04 Å². The van der Waals surface area contributed by atoms with Crippen LogP contribution in [0.25, 0.3) is 0 Å². The van der Waals surface area contributed by atoms with Crippen LogP contribution < -0.4 is 5.73 Å². The molecule has 1 aliphatic heterocycles. The Balaban J connectivity index is 1.73. The highest BCUT2D eigenvalue weighted by atomic mass is 15.2. The number of rotatable bonds is 3. The third kappa shape index (κ3) is 2.31. The van der Waals surface area contributed by atoms with Crippen LogP contribution >= 0.6 is 0 Å². The Morgan fingerprint density at radius 3 is 3.00 bits per heavy atom. The number of H-pyrrole nitrogens is 1. The number of nitrogens with zero attached hydrogens (tertiary/aromatic N) is 2. The second-order valence-corrected chi connectivity index (χ2v) is 5.69. The Labute approximate surface area is 109 Å². The normalized spacial score (nSPS) is 25.1. The van der Waals surface area contributed by atoms with Crippen molar-refractivity contribution >= 4 is 0 Å². The quantitative estimate of drug-likeness (QED) is 0.854. The van der Waals surface area contributed by atoms with Crippen LogP contribution in [0.2, 0.25) is 0 Å². The van der Waals surface area contributed by atoms with Gasteiger partial charge in [0.15, 0.2) is 0 Å². The topological polar surface area (TPSA) is 57.9 Å². The van der Waals surface area contributed by atoms with Gasteiger partial charge in [-0.1, -0.05) is 6.42 Å². The van der Waals surface area contributed by atoms with Crippen molar-refractivity contribution in [2.24, 2.45) is 5.73 Å². The predicted octanol–water partition coefficient (Wildman–Crippen LogP) is 1.60. The van der Waals surface area contributed by atoms with Crippen molar-refractivity contribution in [3.05, 3.63) is 17.0 Å². The summed E-state index contributed by atoms with van der Waals surface area (Å²) in [6, 6.07) is 0.565. The lowest BCUT2D eigenvalue weighted by Crippen LogP contribution is -2.43. The maximum Gasteiger partial charge on any atom is 0.0797 e. The van der Waals surface area contributed by atoms with Gasteiger partial charge in [0.25, 0.3) is 0 Å². The molecular formula is C14H24N4. The molecule has 3 rings (SSSR count). The third-order valence-corrected chi connectivity index (χ3v) is 4.52. The summed E-state index contributed by atoms with van der Waals surface area (Å²) in [4.78, 5) is 2.54. The largest absolute Gasteiger partial charge is 0.329 e. The fraction of sp³-hybridized carbons (Fsp3) is 0.786. The summed E-state index contributed by atoms with van der Waals surface area (Å²) >= 11 is 0. The minimum atomic E-state index is 0.565. The SMILES string of the molecule is NCC1CCCCN1Cc1n[nH]c2c1CCCC2. The molecule has 18 heavy (non-hydrogen) atoms. The van der Waals surface area contributed by atoms with Gasteiger partial charge in [0.05, 0.1) is 5.69 Å². The van der Waals surface area contributed by atoms with E-state index in [-0.39, 0.29) is 0 Å². The average Bonchev–Trinajstić information content (AvgIpc) is 2.83. The van der Waals surface area contributed by atoms with Gasteiger partial charge in [0.2, 0.25) is 0 Å². The van der Waals surface area contributed by atoms with Crippen molar-refractivity contribution < 1.29 is 0 Å². The van der Waals surface area contributed by atoms with Gasteiger partial charge in [0.1, 0.15) is 0 Å². The van der Waals surface area contributed by atoms with E-state index in [2.05, 4.69) is 15.1 Å². The van der Waals surface area contributed by atoms with Crippen LogP contribution in [0.15, 0.2) is 0 Å². The first-order valence-electron chi connectivity index (χ1n) is 7.37. The molecule has 4 heteroatoms. The monoisotopic (exact) mass is 248 g/mol. The zero-order chi connectivity index (χ0) is 12.4. The highest BCUT2D eigenvalue weighted by molar-refractivity contribution is 5.27. The molecule has 2 heterocycles. The maximum atomic E-state index is 5.89. The predicted molar refractivity (Wildman–Crippen MR) is 72.3 cm³/mol. The summed E-state index contributed by atoms with van der Waals surface area (Å²) < 4.78 is 0. The molecule has 4 nitrogen and oxygen atoms in total. The lowest BCUT2D eigenvalue weighted by Gasteiger charge is -2.34. The van der Waals surface area contributed by atoms with Crippen molar-refractivity contribution in [2.75, 3.05) is 13.1 Å². The van der Waals surface area contributed by atoms with Gasteiger partial charge in [-0.2, -0.15) is 5.10 Å². The van der Waals surface area contributed by atoms with E-state index in [1.165, 1.54) is 68.4 Å². The van der Waals surface area contributed by atoms with E-state index in [0.717, 1.165) is 13.1 Å². The zero-order valence-corrected chi connectivity index (χ0v) is 11.1. The fourth-order valence-corrected chi connectivity index (χ4v) is 3.41. The first kappa shape index (κ1) is 12.2. The third-order valence-electron chi connectivity index (χ3n) is 4.52. The molecule has 2 aliphatic rings. The van der Waals surface area contributed by atoms with E-state index in [1.54, 1.807) is 0 Å². The summed E-state index contributed by atoms with van der Waals surface area (Å²) in [6.45, 7) is 2.96. The smallest absolute Gasteiger partial charge is 0.0797 e. The Kier molecular flexibility index (Phi) is 3.66. The molecule has 1 unspecified atom stereocenters. The minimum absolute atomic E-state index is 0.565. The van der Waals surface area contributed by atoms with E-state index >= 15 is 0 Å². The molecule has 1 aliphatic carbocycles. The molecule has 1 fully saturated rings. The van der Waals surface area contributed by atoms with Crippen molar-refractivity contribution in [3.8, 4) is 0 Å². The van der Waals surface area contributed by atoms with Crippen molar-refractivity contribution in [3.63, 3.8) is 0 Å². The number of hydrogen-bond donors (Lipinski definition) is 2. The van der Waals surface area contributed by atoms with Crippen molar-refractivity contribution in [1.82, 2.24) is 15.1 Å². The summed E-state index contributed by atoms with van der Waals surface area (Å²) in [5, 5.41) is 7.79. The van der Waals surface area contributed by atoms with Crippen LogP contribution in [0.3, 0.4) is 0 Å². The van der Waals surface area contributed by atoms with E-state index in [4.69, 9.17) is 5.73 Å². The first-order chi connectivity index (χ1) is 8.88. The number of nitrogens with two attached hydrogens (primary N) is 1. The lowest BCUT2D eigenvalue weighted by molar-refractivity contribution is 0.142. The van der Waals surface area contributed by atoms with E-state index in [1.807, 2.05) is 0 Å². The summed E-state index contributed by atoms with van der Waals surface area (Å²) in [5.41, 5.74) is 10.1. The molecular weight excluding hydrogens is 224 g/mol. The van der Waals surface area contributed by atoms with E-state index < -0.39 is 0 Å². The molecule has 0 spiro atoms. The number of aryl methyl sites for hydroxylation is 1. The highest BCUT2D eigenvalue weighted by Crippen LogP contribution is 2.25. The lowest BCUT2D eigenvalue weighted by atomic mass is 9.95. The number of likely N-dealkylation sites (tertiary alicyclic amines) is 1. The standard InChI is InChI=1S/C14H24N4/c15-9-11-5-3-4-8-18(11)10-14-12-6-1-2-7-13(12)16-17-14/h11H,1-10,15H2,(H,16,17). The van der Waals surface area contributed by atoms with Gasteiger partial charge in [-0.15, -0.1) is 0 Å². The second kappa shape index (κ2) is 5.41. The number of fused-ring (bicyclic) bond motifs is 1. The van der Waals surface area contributed by atoms with Gasteiger partial charge >= 0.3 is 0 Å². The number of aromatic amines is 1. The number of piperidine rings is 1. The van der Waals surface area contributed by atoms with Crippen LogP contribution in [-0.2, 0) is 19.4 Å². The zero-order valence-electron chi connectivity index (χ0n) is 11.1. The molecule has 1 aromatic heterocycles. The van der Waals surface area contributed by atoms with Gasteiger partial charge in [0, 0.05) is 24.8 Å². The van der Waals surface area contributed by atoms with Crippen LogP contribution in [0.1, 0.15) is 49.1 Å². The Morgan fingerprint density at radius 2 is 2.11 bits per heavy atom. The highest BCUT2D eigenvalue weighted by Gasteiger charge is 2.24. The molecule has 1 saturated heterocycles. The summed E-state index contributed by atoms with van der Waals surface area (Å²) in [7, 11) is 0. The van der Waals surface area contributed by atoms with Gasteiger partial charge < -0.3 is 5.73 Å². The van der Waals surface area contributed by atoms with Gasteiger partial charge in [-0.3, -0.25) is 10.00 Å². The van der Waals surface area contributed by atoms with Crippen LogP contribution in [0, 0.1) is 0 Å². The summed E-state index contributed by atoms with van der Waals surface area (Å²) in [5.74, 6) is 0. The Morgan fingerprint density at radius 1 is 1.22 bits per heavy atom.